The Labute approximate surface area is 117 Å². The van der Waals surface area contributed by atoms with E-state index >= 15 is 0 Å². The van der Waals surface area contributed by atoms with E-state index < -0.39 is 0 Å². The summed E-state index contributed by atoms with van der Waals surface area (Å²) >= 11 is 9.80. The van der Waals surface area contributed by atoms with Crippen molar-refractivity contribution in [2.45, 2.75) is 6.42 Å². The fraction of sp³-hybridized carbons (Fsp3) is 0.250. The van der Waals surface area contributed by atoms with Crippen LogP contribution in [0.2, 0.25) is 5.02 Å². The summed E-state index contributed by atoms with van der Waals surface area (Å²) in [6.45, 7) is 0.609. The molecule has 0 spiro atoms. The molecule has 0 atom stereocenters. The average molecular weight is 328 g/mol. The smallest absolute Gasteiger partial charge is 0.215 e. The van der Waals surface area contributed by atoms with Crippen molar-refractivity contribution in [1.82, 2.24) is 14.0 Å². The lowest BCUT2D eigenvalue weighted by molar-refractivity contribution is 0.816. The van der Waals surface area contributed by atoms with Crippen LogP contribution in [-0.4, -0.2) is 20.5 Å². The molecule has 1 aromatic carbocycles. The molecule has 94 valence electrons. The van der Waals surface area contributed by atoms with Gasteiger partial charge in [-0.1, -0.05) is 17.7 Å². The number of halogens is 2. The van der Waals surface area contributed by atoms with Gasteiger partial charge in [-0.05, 0) is 34.6 Å². The van der Waals surface area contributed by atoms with Crippen LogP contribution in [0.3, 0.4) is 0 Å². The van der Waals surface area contributed by atoms with E-state index in [0.29, 0.717) is 11.6 Å². The number of nitrogens with zero attached hydrogens (tertiary/aromatic N) is 3. The molecule has 0 aliphatic heterocycles. The number of rotatable bonds is 2. The lowest BCUT2D eigenvalue weighted by Crippen LogP contribution is -2.07. The van der Waals surface area contributed by atoms with E-state index in [1.54, 1.807) is 0 Å². The van der Waals surface area contributed by atoms with E-state index in [2.05, 4.69) is 25.3 Å². The number of aryl methyl sites for hydroxylation is 1. The Hall–Kier alpha value is -1.04. The number of imidazole rings is 2. The van der Waals surface area contributed by atoms with Gasteiger partial charge in [0.1, 0.15) is 10.1 Å². The summed E-state index contributed by atoms with van der Waals surface area (Å²) in [5.74, 6) is 0.869. The monoisotopic (exact) mass is 326 g/mol. The molecular formula is C12H12BrClN4. The highest BCUT2D eigenvalue weighted by Gasteiger charge is 2.17. The molecule has 4 nitrogen and oxygen atoms in total. The summed E-state index contributed by atoms with van der Waals surface area (Å²) in [7, 11) is 1.99. The van der Waals surface area contributed by atoms with Gasteiger partial charge in [-0.3, -0.25) is 4.40 Å². The highest BCUT2D eigenvalue weighted by atomic mass is 79.9. The Balaban J connectivity index is 2.45. The molecule has 0 unspecified atom stereocenters. The molecule has 18 heavy (non-hydrogen) atoms. The van der Waals surface area contributed by atoms with Crippen LogP contribution in [0.1, 0.15) is 5.69 Å². The summed E-state index contributed by atoms with van der Waals surface area (Å²) in [5, 5.41) is 0.670. The maximum atomic E-state index is 6.17. The zero-order chi connectivity index (χ0) is 12.9. The van der Waals surface area contributed by atoms with Crippen molar-refractivity contribution in [3.63, 3.8) is 0 Å². The third kappa shape index (κ3) is 1.51. The number of nitrogens with two attached hydrogens (primary N) is 1. The average Bonchev–Trinajstić information content (AvgIpc) is 2.84. The van der Waals surface area contributed by atoms with Crippen LogP contribution in [-0.2, 0) is 13.5 Å². The Morgan fingerprint density at radius 2 is 2.22 bits per heavy atom. The summed E-state index contributed by atoms with van der Waals surface area (Å²) in [6.07, 6.45) is 0.808. The molecule has 0 bridgehead atoms. The molecule has 6 heteroatoms. The molecule has 0 fully saturated rings. The Bertz CT molecular complexity index is 744. The largest absolute Gasteiger partial charge is 0.330 e. The van der Waals surface area contributed by atoms with Crippen molar-refractivity contribution in [2.75, 3.05) is 6.54 Å². The van der Waals surface area contributed by atoms with Gasteiger partial charge in [0.15, 0.2) is 0 Å². The number of fused-ring (bicyclic) bond motifs is 3. The van der Waals surface area contributed by atoms with Crippen LogP contribution in [0.5, 0.6) is 0 Å². The third-order valence-corrected chi connectivity index (χ3v) is 4.26. The molecule has 0 amide bonds. The van der Waals surface area contributed by atoms with E-state index in [9.17, 15) is 0 Å². The van der Waals surface area contributed by atoms with Gasteiger partial charge in [0.05, 0.1) is 16.2 Å². The summed E-state index contributed by atoms with van der Waals surface area (Å²) in [5.41, 5.74) is 8.61. The summed E-state index contributed by atoms with van der Waals surface area (Å²) < 4.78 is 5.11. The van der Waals surface area contributed by atoms with Crippen LogP contribution >= 0.6 is 27.5 Å². The van der Waals surface area contributed by atoms with Crippen LogP contribution < -0.4 is 5.73 Å². The fourth-order valence-corrected chi connectivity index (χ4v) is 3.29. The number of aromatic nitrogens is 3. The van der Waals surface area contributed by atoms with E-state index in [1.165, 1.54) is 0 Å². The number of hydrogen-bond donors (Lipinski definition) is 1. The highest BCUT2D eigenvalue weighted by Crippen LogP contribution is 2.30. The Kier molecular flexibility index (Phi) is 2.84. The molecule has 2 heterocycles. The first kappa shape index (κ1) is 12.0. The predicted octanol–water partition coefficient (Wildman–Crippen LogP) is 2.74. The summed E-state index contributed by atoms with van der Waals surface area (Å²) in [6, 6.07) is 5.80. The maximum absolute atomic E-state index is 6.17. The first-order valence-corrected chi connectivity index (χ1v) is 6.82. The van der Waals surface area contributed by atoms with Crippen molar-refractivity contribution in [1.29, 1.82) is 0 Å². The van der Waals surface area contributed by atoms with Crippen LogP contribution in [0, 0.1) is 0 Å². The minimum atomic E-state index is 0.609. The summed E-state index contributed by atoms with van der Waals surface area (Å²) in [4.78, 5) is 4.60. The molecule has 2 aromatic heterocycles. The normalized spacial score (nSPS) is 11.8. The van der Waals surface area contributed by atoms with Gasteiger partial charge < -0.3 is 10.3 Å². The van der Waals surface area contributed by atoms with Crippen molar-refractivity contribution < 1.29 is 0 Å². The lowest BCUT2D eigenvalue weighted by atomic mass is 10.3. The molecular weight excluding hydrogens is 316 g/mol. The zero-order valence-corrected chi connectivity index (χ0v) is 12.2. The minimum Gasteiger partial charge on any atom is -0.330 e. The first-order valence-electron chi connectivity index (χ1n) is 5.65. The molecule has 3 rings (SSSR count). The second-order valence-electron chi connectivity index (χ2n) is 4.19. The van der Waals surface area contributed by atoms with Gasteiger partial charge in [-0.15, -0.1) is 0 Å². The van der Waals surface area contributed by atoms with E-state index in [-0.39, 0.29) is 0 Å². The minimum absolute atomic E-state index is 0.609. The molecule has 0 saturated heterocycles. The SMILES string of the molecule is Cn1c(CCN)c(Br)n2c3cccc(Cl)c3nc12. The first-order chi connectivity index (χ1) is 8.65. The molecule has 0 aliphatic rings. The number of hydrogen-bond acceptors (Lipinski definition) is 2. The van der Waals surface area contributed by atoms with Crippen molar-refractivity contribution in [3.05, 3.63) is 33.5 Å². The maximum Gasteiger partial charge on any atom is 0.215 e. The van der Waals surface area contributed by atoms with Crippen molar-refractivity contribution in [3.8, 4) is 0 Å². The Morgan fingerprint density at radius 3 is 2.94 bits per heavy atom. The van der Waals surface area contributed by atoms with Gasteiger partial charge in [-0.25, -0.2) is 4.98 Å². The lowest BCUT2D eigenvalue weighted by Gasteiger charge is -2.01. The van der Waals surface area contributed by atoms with E-state index in [4.69, 9.17) is 17.3 Å². The molecule has 2 N–H and O–H groups in total. The third-order valence-electron chi connectivity index (χ3n) is 3.14. The zero-order valence-electron chi connectivity index (χ0n) is 9.82. The van der Waals surface area contributed by atoms with E-state index in [0.717, 1.165) is 33.5 Å². The second kappa shape index (κ2) is 4.26. The molecule has 0 aliphatic carbocycles. The van der Waals surface area contributed by atoms with Crippen LogP contribution in [0.15, 0.2) is 22.8 Å². The van der Waals surface area contributed by atoms with E-state index in [1.807, 2.05) is 29.8 Å². The van der Waals surface area contributed by atoms with Gasteiger partial charge >= 0.3 is 0 Å². The number of benzene rings is 1. The van der Waals surface area contributed by atoms with Crippen molar-refractivity contribution >= 4 is 44.3 Å². The molecule has 3 aromatic rings. The van der Waals surface area contributed by atoms with Gasteiger partial charge in [0.25, 0.3) is 0 Å². The number of para-hydroxylation sites is 1. The molecule has 0 radical (unpaired) electrons. The second-order valence-corrected chi connectivity index (χ2v) is 5.35. The quantitative estimate of drug-likeness (QED) is 0.787. The fourth-order valence-electron chi connectivity index (χ4n) is 2.27. The predicted molar refractivity (Wildman–Crippen MR) is 77.1 cm³/mol. The topological polar surface area (TPSA) is 48.2 Å². The highest BCUT2D eigenvalue weighted by molar-refractivity contribution is 9.10. The van der Waals surface area contributed by atoms with Gasteiger partial charge in [0.2, 0.25) is 5.78 Å². The molecule has 0 saturated carbocycles. The standard InChI is InChI=1S/C12H12BrClN4/c1-17-9(5-6-15)11(13)18-8-4-2-3-7(14)10(8)16-12(17)18/h2-4H,5-6,15H2,1H3. The van der Waals surface area contributed by atoms with Crippen LogP contribution in [0.4, 0.5) is 0 Å². The van der Waals surface area contributed by atoms with Crippen LogP contribution in [0.25, 0.3) is 16.8 Å². The van der Waals surface area contributed by atoms with Crippen molar-refractivity contribution in [2.24, 2.45) is 12.8 Å². The Morgan fingerprint density at radius 1 is 1.44 bits per heavy atom. The van der Waals surface area contributed by atoms with Gasteiger partial charge in [0, 0.05) is 13.5 Å². The van der Waals surface area contributed by atoms with Gasteiger partial charge in [-0.2, -0.15) is 0 Å².